The minimum atomic E-state index is -0.204. The lowest BCUT2D eigenvalue weighted by molar-refractivity contribution is -0.116. The van der Waals surface area contributed by atoms with Crippen LogP contribution in [-0.2, 0) is 4.79 Å². The van der Waals surface area contributed by atoms with E-state index < -0.39 is 0 Å². The van der Waals surface area contributed by atoms with Crippen LogP contribution in [-0.4, -0.2) is 16.0 Å². The van der Waals surface area contributed by atoms with Crippen LogP contribution in [0.15, 0.2) is 83.3 Å². The molecular weight excluding hydrogens is 507 g/mol. The third-order valence-electron chi connectivity index (χ3n) is 6.17. The standard InChI is InChI=1S/C30H24Cl2N2O3/c1-2-3-14-26(36)33-30-28(27-23(31)12-7-13-24(27)32)34-29(37-30)22-16-15-19(17-25(22)35)21-11-6-9-18-8-4-5-10-20(18)21/h4-13,15-17,35H,2-3,14H2,1H3,(H,33,36). The molecule has 0 saturated carbocycles. The average molecular weight is 531 g/mol. The molecule has 4 aromatic carbocycles. The Kier molecular flexibility index (Phi) is 7.17. The van der Waals surface area contributed by atoms with Crippen molar-refractivity contribution in [1.29, 1.82) is 0 Å². The molecule has 7 heteroatoms. The number of amides is 1. The summed E-state index contributed by atoms with van der Waals surface area (Å²) in [4.78, 5) is 17.1. The number of aromatic hydroxyl groups is 1. The molecule has 2 N–H and O–H groups in total. The fourth-order valence-corrected chi connectivity index (χ4v) is 4.87. The number of nitrogens with zero attached hydrogens (tertiary/aromatic N) is 1. The minimum absolute atomic E-state index is 0.00708. The SMILES string of the molecule is CCCCC(=O)Nc1oc(-c2ccc(-c3cccc4ccccc34)cc2O)nc1-c1c(Cl)cccc1Cl. The molecule has 0 atom stereocenters. The molecule has 186 valence electrons. The molecule has 1 amide bonds. The summed E-state index contributed by atoms with van der Waals surface area (Å²) in [5.74, 6) is 0.0548. The second kappa shape index (κ2) is 10.7. The summed E-state index contributed by atoms with van der Waals surface area (Å²) >= 11 is 12.9. The van der Waals surface area contributed by atoms with Crippen molar-refractivity contribution in [2.45, 2.75) is 26.2 Å². The van der Waals surface area contributed by atoms with Gasteiger partial charge in [-0.15, -0.1) is 0 Å². The van der Waals surface area contributed by atoms with Gasteiger partial charge in [0.05, 0.1) is 15.6 Å². The molecule has 0 aliphatic carbocycles. The second-order valence-corrected chi connectivity index (χ2v) is 9.52. The van der Waals surface area contributed by atoms with Crippen molar-refractivity contribution in [2.24, 2.45) is 0 Å². The Hall–Kier alpha value is -3.80. The van der Waals surface area contributed by atoms with E-state index in [-0.39, 0.29) is 23.4 Å². The number of aromatic nitrogens is 1. The normalized spacial score (nSPS) is 11.1. The first-order valence-electron chi connectivity index (χ1n) is 12.0. The van der Waals surface area contributed by atoms with E-state index in [9.17, 15) is 9.90 Å². The number of fused-ring (bicyclic) bond motifs is 1. The monoisotopic (exact) mass is 530 g/mol. The van der Waals surface area contributed by atoms with Crippen LogP contribution < -0.4 is 5.32 Å². The van der Waals surface area contributed by atoms with Crippen LogP contribution in [0.3, 0.4) is 0 Å². The number of carbonyl (C=O) groups excluding carboxylic acids is 1. The highest BCUT2D eigenvalue weighted by Gasteiger charge is 2.23. The van der Waals surface area contributed by atoms with Gasteiger partial charge in [-0.05, 0) is 52.6 Å². The number of oxazole rings is 1. The van der Waals surface area contributed by atoms with Crippen molar-refractivity contribution in [3.63, 3.8) is 0 Å². The van der Waals surface area contributed by atoms with Gasteiger partial charge in [0.2, 0.25) is 17.7 Å². The number of hydrogen-bond acceptors (Lipinski definition) is 4. The van der Waals surface area contributed by atoms with Gasteiger partial charge in [0.15, 0.2) is 0 Å². The summed E-state index contributed by atoms with van der Waals surface area (Å²) in [5, 5.41) is 16.7. The Morgan fingerprint density at radius 1 is 0.946 bits per heavy atom. The summed E-state index contributed by atoms with van der Waals surface area (Å²) in [6.45, 7) is 2.01. The van der Waals surface area contributed by atoms with Crippen molar-refractivity contribution < 1.29 is 14.3 Å². The third kappa shape index (κ3) is 5.06. The highest BCUT2D eigenvalue weighted by molar-refractivity contribution is 6.39. The Labute approximate surface area is 224 Å². The maximum atomic E-state index is 12.5. The number of carbonyl (C=O) groups is 1. The number of nitrogens with one attached hydrogen (secondary N) is 1. The van der Waals surface area contributed by atoms with Crippen LogP contribution in [0.4, 0.5) is 5.88 Å². The number of phenolic OH excluding ortho intramolecular Hbond substituents is 1. The first-order chi connectivity index (χ1) is 18.0. The molecule has 0 bridgehead atoms. The van der Waals surface area contributed by atoms with Crippen molar-refractivity contribution in [1.82, 2.24) is 4.98 Å². The quantitative estimate of drug-likeness (QED) is 0.220. The topological polar surface area (TPSA) is 75.4 Å². The van der Waals surface area contributed by atoms with E-state index in [1.807, 2.05) is 37.3 Å². The zero-order chi connectivity index (χ0) is 25.9. The van der Waals surface area contributed by atoms with Gasteiger partial charge in [-0.2, -0.15) is 0 Å². The average Bonchev–Trinajstić information content (AvgIpc) is 3.29. The summed E-state index contributed by atoms with van der Waals surface area (Å²) in [6.07, 6.45) is 1.97. The van der Waals surface area contributed by atoms with E-state index in [4.69, 9.17) is 27.6 Å². The van der Waals surface area contributed by atoms with Crippen LogP contribution in [0.2, 0.25) is 10.0 Å². The van der Waals surface area contributed by atoms with E-state index in [1.54, 1.807) is 30.3 Å². The van der Waals surface area contributed by atoms with Gasteiger partial charge in [0.1, 0.15) is 11.4 Å². The van der Waals surface area contributed by atoms with Crippen LogP contribution >= 0.6 is 23.2 Å². The molecule has 1 aromatic heterocycles. The molecule has 1 heterocycles. The van der Waals surface area contributed by atoms with Crippen LogP contribution in [0.5, 0.6) is 5.75 Å². The molecule has 0 fully saturated rings. The molecule has 5 aromatic rings. The molecule has 0 unspecified atom stereocenters. The van der Waals surface area contributed by atoms with Crippen molar-refractivity contribution in [3.8, 4) is 39.6 Å². The van der Waals surface area contributed by atoms with Gasteiger partial charge in [-0.3, -0.25) is 10.1 Å². The number of halogens is 2. The molecule has 0 spiro atoms. The van der Waals surface area contributed by atoms with E-state index in [1.165, 1.54) is 0 Å². The number of rotatable bonds is 7. The van der Waals surface area contributed by atoms with Crippen LogP contribution in [0.1, 0.15) is 26.2 Å². The number of hydrogen-bond donors (Lipinski definition) is 2. The van der Waals surface area contributed by atoms with Gasteiger partial charge >= 0.3 is 0 Å². The maximum absolute atomic E-state index is 12.5. The first kappa shape index (κ1) is 24.9. The Morgan fingerprint density at radius 3 is 2.43 bits per heavy atom. The van der Waals surface area contributed by atoms with Gasteiger partial charge in [0.25, 0.3) is 0 Å². The Bertz CT molecular complexity index is 1580. The number of phenols is 1. The molecule has 0 radical (unpaired) electrons. The summed E-state index contributed by atoms with van der Waals surface area (Å²) in [7, 11) is 0. The zero-order valence-electron chi connectivity index (χ0n) is 20.1. The molecule has 5 rings (SSSR count). The van der Waals surface area contributed by atoms with Gasteiger partial charge in [-0.25, -0.2) is 4.98 Å². The Morgan fingerprint density at radius 2 is 1.68 bits per heavy atom. The van der Waals surface area contributed by atoms with Crippen LogP contribution in [0.25, 0.3) is 44.6 Å². The van der Waals surface area contributed by atoms with Crippen molar-refractivity contribution in [2.75, 3.05) is 5.32 Å². The largest absolute Gasteiger partial charge is 0.507 e. The van der Waals surface area contributed by atoms with Crippen molar-refractivity contribution >= 4 is 45.8 Å². The molecule has 0 aliphatic heterocycles. The Balaban J connectivity index is 1.58. The minimum Gasteiger partial charge on any atom is -0.507 e. The molecule has 37 heavy (non-hydrogen) atoms. The smallest absolute Gasteiger partial charge is 0.233 e. The summed E-state index contributed by atoms with van der Waals surface area (Å²) in [5.41, 5.74) is 2.97. The van der Waals surface area contributed by atoms with E-state index in [2.05, 4.69) is 28.5 Å². The molecule has 0 aliphatic rings. The second-order valence-electron chi connectivity index (χ2n) is 8.70. The van der Waals surface area contributed by atoms with Gasteiger partial charge in [-0.1, -0.05) is 91.1 Å². The third-order valence-corrected chi connectivity index (χ3v) is 6.80. The fraction of sp³-hybridized carbons (Fsp3) is 0.133. The zero-order valence-corrected chi connectivity index (χ0v) is 21.6. The molecule has 5 nitrogen and oxygen atoms in total. The lowest BCUT2D eigenvalue weighted by atomic mass is 9.97. The van der Waals surface area contributed by atoms with Gasteiger partial charge in [0, 0.05) is 12.0 Å². The van der Waals surface area contributed by atoms with E-state index in [0.717, 1.165) is 34.7 Å². The molecule has 0 saturated heterocycles. The van der Waals surface area contributed by atoms with E-state index >= 15 is 0 Å². The van der Waals surface area contributed by atoms with E-state index in [0.29, 0.717) is 33.3 Å². The summed E-state index contributed by atoms with van der Waals surface area (Å²) < 4.78 is 5.99. The van der Waals surface area contributed by atoms with Gasteiger partial charge < -0.3 is 9.52 Å². The first-order valence-corrected chi connectivity index (χ1v) is 12.8. The number of benzene rings is 4. The highest BCUT2D eigenvalue weighted by atomic mass is 35.5. The van der Waals surface area contributed by atoms with Crippen LogP contribution in [0, 0.1) is 0 Å². The number of anilines is 1. The number of unbranched alkanes of at least 4 members (excludes halogenated alkanes) is 1. The predicted molar refractivity (Wildman–Crippen MR) is 150 cm³/mol. The summed E-state index contributed by atoms with van der Waals surface area (Å²) in [6, 6.07) is 24.6. The highest BCUT2D eigenvalue weighted by Crippen LogP contribution is 2.42. The maximum Gasteiger partial charge on any atom is 0.233 e. The predicted octanol–water partition coefficient (Wildman–Crippen LogP) is 8.97. The lowest BCUT2D eigenvalue weighted by Crippen LogP contribution is -2.11. The lowest BCUT2D eigenvalue weighted by Gasteiger charge is -2.09. The fourth-order valence-electron chi connectivity index (χ4n) is 4.30. The molecular formula is C30H24Cl2N2O3. The van der Waals surface area contributed by atoms with Crippen molar-refractivity contribution in [3.05, 3.63) is 88.9 Å².